The van der Waals surface area contributed by atoms with Crippen LogP contribution >= 0.6 is 0 Å². The highest BCUT2D eigenvalue weighted by Crippen LogP contribution is 2.15. The molecule has 6 heteroatoms. The van der Waals surface area contributed by atoms with E-state index in [4.69, 9.17) is 9.47 Å². The van der Waals surface area contributed by atoms with Crippen LogP contribution in [-0.4, -0.2) is 33.7 Å². The van der Waals surface area contributed by atoms with Gasteiger partial charge in [0.25, 0.3) is 0 Å². The van der Waals surface area contributed by atoms with Crippen molar-refractivity contribution in [3.63, 3.8) is 0 Å². The van der Waals surface area contributed by atoms with Crippen LogP contribution < -0.4 is 14.8 Å². The summed E-state index contributed by atoms with van der Waals surface area (Å²) in [6.07, 6.45) is 0.0134. The molecule has 0 saturated heterocycles. The molecule has 0 fully saturated rings. The molecule has 0 aromatic carbocycles. The number of aromatic nitrogens is 3. The number of nitrogens with zero attached hydrogens (tertiary/aromatic N) is 3. The number of hydrogen-bond donors (Lipinski definition) is 1. The first-order valence-corrected chi connectivity index (χ1v) is 6.70. The van der Waals surface area contributed by atoms with Crippen LogP contribution in [0.25, 0.3) is 0 Å². The highest BCUT2D eigenvalue weighted by atomic mass is 16.5. The van der Waals surface area contributed by atoms with Gasteiger partial charge in [-0.05, 0) is 33.6 Å². The van der Waals surface area contributed by atoms with Crippen molar-refractivity contribution < 1.29 is 9.47 Å². The van der Waals surface area contributed by atoms with Gasteiger partial charge in [-0.2, -0.15) is 9.97 Å². The van der Waals surface area contributed by atoms with E-state index < -0.39 is 0 Å². The van der Waals surface area contributed by atoms with Crippen LogP contribution in [-0.2, 0) is 0 Å². The first kappa shape index (κ1) is 15.5. The second-order valence-electron chi connectivity index (χ2n) is 5.33. The average Bonchev–Trinajstić information content (AvgIpc) is 2.24. The fourth-order valence-electron chi connectivity index (χ4n) is 1.24. The SMILES string of the molecule is CC(C)CNc1nc(OC(C)C)nc(OC(C)C)n1. The lowest BCUT2D eigenvalue weighted by molar-refractivity contribution is 0.197. The van der Waals surface area contributed by atoms with Gasteiger partial charge in [-0.25, -0.2) is 0 Å². The molecular weight excluding hydrogens is 244 g/mol. The molecule has 0 aliphatic carbocycles. The molecule has 108 valence electrons. The minimum absolute atomic E-state index is 0.00671. The molecule has 1 rings (SSSR count). The fraction of sp³-hybridized carbons (Fsp3) is 0.769. The van der Waals surface area contributed by atoms with E-state index in [1.54, 1.807) is 0 Å². The van der Waals surface area contributed by atoms with Crippen molar-refractivity contribution >= 4 is 5.95 Å². The Morgan fingerprint density at radius 3 is 1.68 bits per heavy atom. The number of ether oxygens (including phenoxy) is 2. The van der Waals surface area contributed by atoms with Crippen LogP contribution in [0.5, 0.6) is 12.0 Å². The predicted octanol–water partition coefficient (Wildman–Crippen LogP) is 2.51. The molecule has 0 aliphatic rings. The lowest BCUT2D eigenvalue weighted by Crippen LogP contribution is -2.16. The van der Waals surface area contributed by atoms with Gasteiger partial charge in [0.05, 0.1) is 12.2 Å². The summed E-state index contributed by atoms with van der Waals surface area (Å²) < 4.78 is 11.0. The van der Waals surface area contributed by atoms with E-state index >= 15 is 0 Å². The van der Waals surface area contributed by atoms with Gasteiger partial charge in [0, 0.05) is 6.54 Å². The predicted molar refractivity (Wildman–Crippen MR) is 74.7 cm³/mol. The van der Waals surface area contributed by atoms with Crippen LogP contribution in [0.3, 0.4) is 0 Å². The van der Waals surface area contributed by atoms with Gasteiger partial charge in [-0.3, -0.25) is 0 Å². The van der Waals surface area contributed by atoms with E-state index in [0.717, 1.165) is 6.54 Å². The van der Waals surface area contributed by atoms with E-state index in [1.165, 1.54) is 0 Å². The second-order valence-corrected chi connectivity index (χ2v) is 5.33. The Hall–Kier alpha value is -1.59. The summed E-state index contributed by atoms with van der Waals surface area (Å²) in [5.41, 5.74) is 0. The topological polar surface area (TPSA) is 69.2 Å². The first-order chi connectivity index (χ1) is 8.86. The van der Waals surface area contributed by atoms with Crippen molar-refractivity contribution in [2.45, 2.75) is 53.8 Å². The van der Waals surface area contributed by atoms with Gasteiger partial charge >= 0.3 is 12.0 Å². The largest absolute Gasteiger partial charge is 0.461 e. The lowest BCUT2D eigenvalue weighted by atomic mass is 10.2. The highest BCUT2D eigenvalue weighted by Gasteiger charge is 2.11. The Morgan fingerprint density at radius 1 is 0.842 bits per heavy atom. The summed E-state index contributed by atoms with van der Waals surface area (Å²) in [5, 5.41) is 3.15. The molecule has 6 nitrogen and oxygen atoms in total. The second kappa shape index (κ2) is 7.11. The van der Waals surface area contributed by atoms with Crippen molar-refractivity contribution in [3.05, 3.63) is 0 Å². The van der Waals surface area contributed by atoms with Crippen LogP contribution in [0.4, 0.5) is 5.95 Å². The van der Waals surface area contributed by atoms with Crippen molar-refractivity contribution in [2.24, 2.45) is 5.92 Å². The Kier molecular flexibility index (Phi) is 5.79. The molecule has 0 bridgehead atoms. The molecule has 1 aromatic rings. The van der Waals surface area contributed by atoms with Gasteiger partial charge in [-0.1, -0.05) is 13.8 Å². The maximum Gasteiger partial charge on any atom is 0.324 e. The van der Waals surface area contributed by atoms with Gasteiger partial charge in [0.15, 0.2) is 0 Å². The normalized spacial score (nSPS) is 11.2. The van der Waals surface area contributed by atoms with Crippen molar-refractivity contribution in [1.29, 1.82) is 0 Å². The monoisotopic (exact) mass is 268 g/mol. The van der Waals surface area contributed by atoms with E-state index in [2.05, 4.69) is 34.1 Å². The number of hydrogen-bond acceptors (Lipinski definition) is 6. The molecule has 1 N–H and O–H groups in total. The smallest absolute Gasteiger partial charge is 0.324 e. The highest BCUT2D eigenvalue weighted by molar-refractivity contribution is 5.27. The zero-order valence-corrected chi connectivity index (χ0v) is 12.6. The van der Waals surface area contributed by atoms with Gasteiger partial charge in [0.2, 0.25) is 5.95 Å². The molecule has 0 spiro atoms. The molecule has 1 aromatic heterocycles. The number of rotatable bonds is 7. The third kappa shape index (κ3) is 6.22. The molecule has 1 heterocycles. The summed E-state index contributed by atoms with van der Waals surface area (Å²) in [6.45, 7) is 12.7. The Labute approximate surface area is 115 Å². The van der Waals surface area contributed by atoms with Crippen molar-refractivity contribution in [1.82, 2.24) is 15.0 Å². The third-order valence-electron chi connectivity index (χ3n) is 1.95. The maximum absolute atomic E-state index is 5.50. The fourth-order valence-corrected chi connectivity index (χ4v) is 1.24. The lowest BCUT2D eigenvalue weighted by Gasteiger charge is -2.13. The van der Waals surface area contributed by atoms with Gasteiger partial charge < -0.3 is 14.8 Å². The number of anilines is 1. The zero-order chi connectivity index (χ0) is 14.4. The van der Waals surface area contributed by atoms with Crippen LogP contribution in [0.1, 0.15) is 41.5 Å². The Bertz CT molecular complexity index is 366. The third-order valence-corrected chi connectivity index (χ3v) is 1.95. The molecule has 0 radical (unpaired) electrons. The van der Waals surface area contributed by atoms with Crippen LogP contribution in [0, 0.1) is 5.92 Å². The molecule has 0 atom stereocenters. The zero-order valence-electron chi connectivity index (χ0n) is 12.6. The average molecular weight is 268 g/mol. The van der Waals surface area contributed by atoms with E-state index in [0.29, 0.717) is 11.9 Å². The molecular formula is C13H24N4O2. The van der Waals surface area contributed by atoms with Gasteiger partial charge in [-0.15, -0.1) is 4.98 Å². The molecule has 0 saturated carbocycles. The molecule has 0 aliphatic heterocycles. The van der Waals surface area contributed by atoms with E-state index in [-0.39, 0.29) is 24.2 Å². The number of nitrogens with one attached hydrogen (secondary N) is 1. The molecule has 0 amide bonds. The van der Waals surface area contributed by atoms with Crippen LogP contribution in [0.2, 0.25) is 0 Å². The quantitative estimate of drug-likeness (QED) is 0.819. The van der Waals surface area contributed by atoms with Crippen molar-refractivity contribution in [2.75, 3.05) is 11.9 Å². The Morgan fingerprint density at radius 2 is 1.32 bits per heavy atom. The van der Waals surface area contributed by atoms with Crippen molar-refractivity contribution in [3.8, 4) is 12.0 Å². The van der Waals surface area contributed by atoms with Gasteiger partial charge in [0.1, 0.15) is 0 Å². The summed E-state index contributed by atoms with van der Waals surface area (Å²) >= 11 is 0. The summed E-state index contributed by atoms with van der Waals surface area (Å²) in [6, 6.07) is 0.568. The Balaban J connectivity index is 2.88. The maximum atomic E-state index is 5.50. The standard InChI is InChI=1S/C13H24N4O2/c1-8(2)7-14-11-15-12(18-9(3)4)17-13(16-11)19-10(5)6/h8-10H,7H2,1-6H3,(H,14,15,16,17). The molecule has 0 unspecified atom stereocenters. The minimum Gasteiger partial charge on any atom is -0.461 e. The summed E-state index contributed by atoms with van der Waals surface area (Å²) in [5.74, 6) is 0.982. The minimum atomic E-state index is 0.00671. The first-order valence-electron chi connectivity index (χ1n) is 6.70. The van der Waals surface area contributed by atoms with E-state index in [9.17, 15) is 0 Å². The molecule has 19 heavy (non-hydrogen) atoms. The van der Waals surface area contributed by atoms with E-state index in [1.807, 2.05) is 27.7 Å². The van der Waals surface area contributed by atoms with Crippen LogP contribution in [0.15, 0.2) is 0 Å². The summed E-state index contributed by atoms with van der Waals surface area (Å²) in [7, 11) is 0. The summed E-state index contributed by atoms with van der Waals surface area (Å²) in [4.78, 5) is 12.6.